The summed E-state index contributed by atoms with van der Waals surface area (Å²) in [5.74, 6) is 0. The molecule has 0 saturated carbocycles. The van der Waals surface area contributed by atoms with Crippen molar-refractivity contribution < 1.29 is 10.2 Å². The first kappa shape index (κ1) is 9.96. The first-order chi connectivity index (χ1) is 5.26. The predicted molar refractivity (Wildman–Crippen MR) is 48.0 cm³/mol. The highest BCUT2D eigenvalue weighted by molar-refractivity contribution is 5.06. The Balaban J connectivity index is 2.51. The van der Waals surface area contributed by atoms with Gasteiger partial charge in [0.25, 0.3) is 0 Å². The van der Waals surface area contributed by atoms with Gasteiger partial charge in [0.2, 0.25) is 0 Å². The molecule has 12 heavy (non-hydrogen) atoms. The van der Waals surface area contributed by atoms with Crippen molar-refractivity contribution in [3.8, 4) is 0 Å². The molecule has 0 aliphatic carbocycles. The average molecular weight is 173 g/mol. The van der Waals surface area contributed by atoms with E-state index in [2.05, 4.69) is 18.7 Å². The summed E-state index contributed by atoms with van der Waals surface area (Å²) in [5, 5.41) is 19.5. The number of hydrogen-bond donors (Lipinski definition) is 2. The average Bonchev–Trinajstić information content (AvgIpc) is 1.77. The lowest BCUT2D eigenvalue weighted by molar-refractivity contribution is -0.210. The van der Waals surface area contributed by atoms with Crippen LogP contribution in [0.3, 0.4) is 0 Å². The first-order valence-electron chi connectivity index (χ1n) is 4.45. The third kappa shape index (κ3) is 1.49. The van der Waals surface area contributed by atoms with Crippen molar-refractivity contribution in [3.05, 3.63) is 0 Å². The molecule has 3 heteroatoms. The topological polar surface area (TPSA) is 43.7 Å². The highest BCUT2D eigenvalue weighted by Crippen LogP contribution is 2.32. The molecule has 0 aromatic heterocycles. The third-order valence-electron chi connectivity index (χ3n) is 2.80. The second kappa shape index (κ2) is 2.69. The van der Waals surface area contributed by atoms with Gasteiger partial charge in [-0.05, 0) is 27.7 Å². The van der Waals surface area contributed by atoms with Gasteiger partial charge in [0.15, 0.2) is 0 Å². The highest BCUT2D eigenvalue weighted by Gasteiger charge is 2.51. The molecular weight excluding hydrogens is 154 g/mol. The molecule has 3 nitrogen and oxygen atoms in total. The Morgan fingerprint density at radius 2 is 1.75 bits per heavy atom. The summed E-state index contributed by atoms with van der Waals surface area (Å²) in [5.41, 5.74) is -1.89. The maximum atomic E-state index is 9.87. The van der Waals surface area contributed by atoms with Crippen molar-refractivity contribution in [2.75, 3.05) is 13.1 Å². The van der Waals surface area contributed by atoms with Gasteiger partial charge in [-0.2, -0.15) is 0 Å². The molecule has 1 rings (SSSR count). The molecule has 1 fully saturated rings. The molecule has 0 aromatic rings. The van der Waals surface area contributed by atoms with Crippen molar-refractivity contribution in [1.29, 1.82) is 0 Å². The first-order valence-corrected chi connectivity index (χ1v) is 4.45. The van der Waals surface area contributed by atoms with Crippen molar-refractivity contribution in [2.24, 2.45) is 0 Å². The van der Waals surface area contributed by atoms with Crippen LogP contribution in [0.2, 0.25) is 0 Å². The summed E-state index contributed by atoms with van der Waals surface area (Å²) >= 11 is 0. The van der Waals surface area contributed by atoms with Crippen LogP contribution in [0, 0.1) is 0 Å². The zero-order chi connectivity index (χ0) is 9.57. The minimum Gasteiger partial charge on any atom is -0.387 e. The zero-order valence-corrected chi connectivity index (χ0v) is 8.33. The normalized spacial score (nSPS) is 24.2. The molecule has 0 aromatic carbocycles. The molecule has 1 saturated heterocycles. The van der Waals surface area contributed by atoms with E-state index in [9.17, 15) is 10.2 Å². The second-order valence-corrected chi connectivity index (χ2v) is 4.59. The quantitative estimate of drug-likeness (QED) is 0.627. The monoisotopic (exact) mass is 173 g/mol. The van der Waals surface area contributed by atoms with Gasteiger partial charge >= 0.3 is 0 Å². The van der Waals surface area contributed by atoms with E-state index in [1.54, 1.807) is 13.8 Å². The predicted octanol–water partition coefficient (Wildman–Crippen LogP) is 0.212. The Morgan fingerprint density at radius 3 is 2.00 bits per heavy atom. The third-order valence-corrected chi connectivity index (χ3v) is 2.80. The van der Waals surface area contributed by atoms with Crippen LogP contribution in [-0.2, 0) is 0 Å². The number of nitrogens with zero attached hydrogens (tertiary/aromatic N) is 1. The molecule has 2 N–H and O–H groups in total. The molecule has 0 spiro atoms. The fourth-order valence-electron chi connectivity index (χ4n) is 1.38. The van der Waals surface area contributed by atoms with Gasteiger partial charge in [0, 0.05) is 19.1 Å². The summed E-state index contributed by atoms with van der Waals surface area (Å²) in [6.07, 6.45) is 0. The molecule has 0 radical (unpaired) electrons. The summed E-state index contributed by atoms with van der Waals surface area (Å²) < 4.78 is 0. The van der Waals surface area contributed by atoms with Gasteiger partial charge < -0.3 is 10.2 Å². The van der Waals surface area contributed by atoms with Gasteiger partial charge in [0.05, 0.1) is 5.60 Å². The molecule has 0 amide bonds. The minimum atomic E-state index is -0.988. The van der Waals surface area contributed by atoms with Crippen LogP contribution in [0.15, 0.2) is 0 Å². The lowest BCUT2D eigenvalue weighted by Crippen LogP contribution is -2.72. The van der Waals surface area contributed by atoms with Crippen LogP contribution in [0.5, 0.6) is 0 Å². The summed E-state index contributed by atoms with van der Waals surface area (Å²) in [6.45, 7) is 8.64. The van der Waals surface area contributed by atoms with E-state index >= 15 is 0 Å². The van der Waals surface area contributed by atoms with Crippen molar-refractivity contribution >= 4 is 0 Å². The van der Waals surface area contributed by atoms with Gasteiger partial charge in [-0.1, -0.05) is 0 Å². The van der Waals surface area contributed by atoms with Crippen LogP contribution >= 0.6 is 0 Å². The maximum Gasteiger partial charge on any atom is 0.118 e. The van der Waals surface area contributed by atoms with Crippen molar-refractivity contribution in [3.63, 3.8) is 0 Å². The summed E-state index contributed by atoms with van der Waals surface area (Å²) in [6, 6.07) is 0.452. The Kier molecular flexibility index (Phi) is 2.23. The lowest BCUT2D eigenvalue weighted by Gasteiger charge is -2.54. The van der Waals surface area contributed by atoms with E-state index in [1.807, 2.05) is 0 Å². The van der Waals surface area contributed by atoms with Crippen molar-refractivity contribution in [2.45, 2.75) is 44.9 Å². The van der Waals surface area contributed by atoms with Gasteiger partial charge in [-0.3, -0.25) is 4.90 Å². The van der Waals surface area contributed by atoms with Crippen LogP contribution in [-0.4, -0.2) is 45.4 Å². The van der Waals surface area contributed by atoms with Crippen molar-refractivity contribution in [1.82, 2.24) is 4.90 Å². The SMILES string of the molecule is CC(C)N1CC(O)(C(C)(C)O)C1. The molecule has 1 aliphatic rings. The van der Waals surface area contributed by atoms with E-state index in [0.717, 1.165) is 0 Å². The maximum absolute atomic E-state index is 9.87. The lowest BCUT2D eigenvalue weighted by atomic mass is 9.78. The molecule has 0 unspecified atom stereocenters. The van der Waals surface area contributed by atoms with Gasteiger partial charge in [0.1, 0.15) is 5.60 Å². The Morgan fingerprint density at radius 1 is 1.33 bits per heavy atom. The van der Waals surface area contributed by atoms with E-state index in [1.165, 1.54) is 0 Å². The summed E-state index contributed by atoms with van der Waals surface area (Å²) in [7, 11) is 0. The van der Waals surface area contributed by atoms with Gasteiger partial charge in [-0.15, -0.1) is 0 Å². The van der Waals surface area contributed by atoms with Gasteiger partial charge in [-0.25, -0.2) is 0 Å². The summed E-state index contributed by atoms with van der Waals surface area (Å²) in [4.78, 5) is 2.14. The molecule has 0 bridgehead atoms. The minimum absolute atomic E-state index is 0.452. The number of β-amino-alcohol motifs (C(OH)–C–C–N with tert-alkyl or cyclic N) is 1. The van der Waals surface area contributed by atoms with Crippen LogP contribution < -0.4 is 0 Å². The number of hydrogen-bond acceptors (Lipinski definition) is 3. The van der Waals surface area contributed by atoms with E-state index in [4.69, 9.17) is 0 Å². The van der Waals surface area contributed by atoms with E-state index < -0.39 is 11.2 Å². The van der Waals surface area contributed by atoms with E-state index in [0.29, 0.717) is 19.1 Å². The van der Waals surface area contributed by atoms with Crippen LogP contribution in [0.4, 0.5) is 0 Å². The Hall–Kier alpha value is -0.120. The second-order valence-electron chi connectivity index (χ2n) is 4.59. The van der Waals surface area contributed by atoms with Crippen LogP contribution in [0.25, 0.3) is 0 Å². The molecule has 0 atom stereocenters. The fraction of sp³-hybridized carbons (Fsp3) is 1.00. The smallest absolute Gasteiger partial charge is 0.118 e. The largest absolute Gasteiger partial charge is 0.387 e. The number of rotatable bonds is 2. The van der Waals surface area contributed by atoms with Crippen LogP contribution in [0.1, 0.15) is 27.7 Å². The number of aliphatic hydroxyl groups is 2. The fourth-order valence-corrected chi connectivity index (χ4v) is 1.38. The molecule has 1 heterocycles. The standard InChI is InChI=1S/C9H19NO2/c1-7(2)10-5-9(12,6-10)8(3,4)11/h7,11-12H,5-6H2,1-4H3. The molecule has 72 valence electrons. The highest BCUT2D eigenvalue weighted by atomic mass is 16.4. The number of likely N-dealkylation sites (tertiary alicyclic amines) is 1. The van der Waals surface area contributed by atoms with E-state index in [-0.39, 0.29) is 0 Å². The zero-order valence-electron chi connectivity index (χ0n) is 8.33. The molecule has 1 aliphatic heterocycles. The Bertz CT molecular complexity index is 166. The Labute approximate surface area is 74.0 Å². The molecular formula is C9H19NO2.